The number of ether oxygens (including phenoxy) is 1. The number of hydroxylamine groups is 2. The normalized spacial score (nSPS) is 21.8. The fourth-order valence-corrected chi connectivity index (χ4v) is 3.18. The minimum atomic E-state index is 0.144. The van der Waals surface area contributed by atoms with E-state index in [9.17, 15) is 4.79 Å². The number of pyridine rings is 1. The molecule has 0 aliphatic carbocycles. The van der Waals surface area contributed by atoms with E-state index in [4.69, 9.17) is 9.57 Å². The third kappa shape index (κ3) is 5.26. The summed E-state index contributed by atoms with van der Waals surface area (Å²) >= 11 is 0. The Morgan fingerprint density at radius 2 is 2.25 bits per heavy atom. The maximum absolute atomic E-state index is 12.7. The predicted molar refractivity (Wildman–Crippen MR) is 90.0 cm³/mol. The average molecular weight is 333 g/mol. The summed E-state index contributed by atoms with van der Waals surface area (Å²) in [4.78, 5) is 24.6. The number of nitrogens with zero attached hydrogens (tertiary/aromatic N) is 3. The topological polar surface area (TPSA) is 54.9 Å². The summed E-state index contributed by atoms with van der Waals surface area (Å²) in [5, 5.41) is 1.92. The summed E-state index contributed by atoms with van der Waals surface area (Å²) in [6.07, 6.45) is 6.75. The van der Waals surface area contributed by atoms with Gasteiger partial charge in [0.15, 0.2) is 0 Å². The maximum Gasteiger partial charge on any atom is 0.224 e. The second kappa shape index (κ2) is 9.11. The van der Waals surface area contributed by atoms with Crippen molar-refractivity contribution in [3.8, 4) is 0 Å². The molecule has 0 radical (unpaired) electrons. The zero-order valence-electron chi connectivity index (χ0n) is 14.2. The van der Waals surface area contributed by atoms with Crippen molar-refractivity contribution >= 4 is 5.91 Å². The maximum atomic E-state index is 12.7. The largest absolute Gasteiger partial charge is 0.376 e. The lowest BCUT2D eigenvalue weighted by Crippen LogP contribution is -2.39. The summed E-state index contributed by atoms with van der Waals surface area (Å²) in [5.41, 5.74) is 0.915. The summed E-state index contributed by atoms with van der Waals surface area (Å²) in [5.74, 6) is 0.144. The van der Waals surface area contributed by atoms with Gasteiger partial charge < -0.3 is 9.64 Å². The number of carbonyl (C=O) groups is 1. The van der Waals surface area contributed by atoms with Crippen molar-refractivity contribution in [2.75, 3.05) is 32.8 Å². The first-order valence-electron chi connectivity index (χ1n) is 8.98. The molecule has 24 heavy (non-hydrogen) atoms. The van der Waals surface area contributed by atoms with Crippen molar-refractivity contribution < 1.29 is 14.4 Å². The Labute approximate surface area is 143 Å². The number of hydrogen-bond acceptors (Lipinski definition) is 5. The minimum absolute atomic E-state index is 0.144. The molecular weight excluding hydrogens is 306 g/mol. The monoisotopic (exact) mass is 333 g/mol. The quantitative estimate of drug-likeness (QED) is 0.764. The van der Waals surface area contributed by atoms with Gasteiger partial charge in [0.25, 0.3) is 0 Å². The van der Waals surface area contributed by atoms with Crippen LogP contribution in [0, 0.1) is 0 Å². The Balaban J connectivity index is 1.55. The van der Waals surface area contributed by atoms with Crippen molar-refractivity contribution in [3.63, 3.8) is 0 Å². The van der Waals surface area contributed by atoms with Crippen LogP contribution in [0.1, 0.15) is 37.8 Å². The first-order chi connectivity index (χ1) is 11.8. The standard InChI is InChI=1S/C18H27N3O3/c22-18(8-11-21-10-3-4-13-24-21)20(15-17-7-5-12-23-17)14-16-6-1-2-9-19-16/h1-2,6,9,17H,3-5,7-8,10-15H2/t17-/m0/s1. The molecule has 2 fully saturated rings. The predicted octanol–water partition coefficient (Wildman–Crippen LogP) is 2.01. The molecule has 2 saturated heterocycles. The SMILES string of the molecule is O=C(CCN1CCCCO1)N(Cc1ccccn1)C[C@@H]1CCCO1. The molecule has 1 aromatic rings. The van der Waals surface area contributed by atoms with Crippen molar-refractivity contribution in [3.05, 3.63) is 30.1 Å². The van der Waals surface area contributed by atoms with Crippen LogP contribution in [-0.2, 0) is 20.9 Å². The van der Waals surface area contributed by atoms with E-state index in [2.05, 4.69) is 4.98 Å². The molecule has 2 aliphatic rings. The van der Waals surface area contributed by atoms with Crippen LogP contribution in [0.4, 0.5) is 0 Å². The summed E-state index contributed by atoms with van der Waals surface area (Å²) in [6.45, 7) is 4.33. The van der Waals surface area contributed by atoms with Gasteiger partial charge in [-0.1, -0.05) is 6.07 Å². The molecule has 3 rings (SSSR count). The van der Waals surface area contributed by atoms with Crippen LogP contribution >= 0.6 is 0 Å². The van der Waals surface area contributed by atoms with Crippen molar-refractivity contribution in [2.24, 2.45) is 0 Å². The third-order valence-corrected chi connectivity index (χ3v) is 4.53. The van der Waals surface area contributed by atoms with Crippen LogP contribution in [0.15, 0.2) is 24.4 Å². The molecule has 0 saturated carbocycles. The molecule has 6 heteroatoms. The Morgan fingerprint density at radius 3 is 2.96 bits per heavy atom. The van der Waals surface area contributed by atoms with E-state index < -0.39 is 0 Å². The number of carbonyl (C=O) groups excluding carboxylic acids is 1. The van der Waals surface area contributed by atoms with Gasteiger partial charge in [-0.15, -0.1) is 0 Å². The molecule has 6 nitrogen and oxygen atoms in total. The second-order valence-electron chi connectivity index (χ2n) is 6.45. The van der Waals surface area contributed by atoms with Gasteiger partial charge in [-0.05, 0) is 37.8 Å². The number of rotatable bonds is 7. The van der Waals surface area contributed by atoms with Crippen LogP contribution in [0.25, 0.3) is 0 Å². The molecule has 0 unspecified atom stereocenters. The van der Waals surface area contributed by atoms with Crippen molar-refractivity contribution in [2.45, 2.75) is 44.8 Å². The Morgan fingerprint density at radius 1 is 1.29 bits per heavy atom. The third-order valence-electron chi connectivity index (χ3n) is 4.53. The van der Waals surface area contributed by atoms with Gasteiger partial charge in [0.05, 0.1) is 24.9 Å². The molecular formula is C18H27N3O3. The summed E-state index contributed by atoms with van der Waals surface area (Å²) in [6, 6.07) is 5.81. The van der Waals surface area contributed by atoms with E-state index in [1.807, 2.05) is 28.2 Å². The van der Waals surface area contributed by atoms with Gasteiger partial charge in [0.2, 0.25) is 5.91 Å². The first-order valence-corrected chi connectivity index (χ1v) is 8.98. The van der Waals surface area contributed by atoms with Gasteiger partial charge in [-0.3, -0.25) is 14.6 Å². The van der Waals surface area contributed by atoms with Crippen LogP contribution in [0.2, 0.25) is 0 Å². The van der Waals surface area contributed by atoms with E-state index in [0.29, 0.717) is 26.1 Å². The van der Waals surface area contributed by atoms with Crippen molar-refractivity contribution in [1.82, 2.24) is 14.9 Å². The van der Waals surface area contributed by atoms with Gasteiger partial charge in [-0.2, -0.15) is 5.06 Å². The van der Waals surface area contributed by atoms with Crippen LogP contribution in [-0.4, -0.2) is 59.8 Å². The number of amides is 1. The number of aromatic nitrogens is 1. The van der Waals surface area contributed by atoms with E-state index in [1.165, 1.54) is 0 Å². The first kappa shape index (κ1) is 17.3. The van der Waals surface area contributed by atoms with Gasteiger partial charge >= 0.3 is 0 Å². The molecule has 0 bridgehead atoms. The second-order valence-corrected chi connectivity index (χ2v) is 6.45. The molecule has 0 spiro atoms. The van der Waals surface area contributed by atoms with Gasteiger partial charge in [-0.25, -0.2) is 0 Å². The zero-order chi connectivity index (χ0) is 16.6. The van der Waals surface area contributed by atoms with Gasteiger partial charge in [0, 0.05) is 38.9 Å². The van der Waals surface area contributed by atoms with E-state index in [-0.39, 0.29) is 12.0 Å². The van der Waals surface area contributed by atoms with E-state index in [1.54, 1.807) is 6.20 Å². The molecule has 0 aromatic carbocycles. The highest BCUT2D eigenvalue weighted by atomic mass is 16.7. The summed E-state index contributed by atoms with van der Waals surface area (Å²) < 4.78 is 5.72. The molecule has 2 aliphatic heterocycles. The fourth-order valence-electron chi connectivity index (χ4n) is 3.18. The van der Waals surface area contributed by atoms with E-state index >= 15 is 0 Å². The zero-order valence-corrected chi connectivity index (χ0v) is 14.2. The molecule has 3 heterocycles. The molecule has 1 amide bonds. The molecule has 1 atom stereocenters. The Kier molecular flexibility index (Phi) is 6.57. The highest BCUT2D eigenvalue weighted by Crippen LogP contribution is 2.16. The smallest absolute Gasteiger partial charge is 0.224 e. The summed E-state index contributed by atoms with van der Waals surface area (Å²) in [7, 11) is 0. The Hall–Kier alpha value is -1.50. The van der Waals surface area contributed by atoms with Crippen LogP contribution in [0.5, 0.6) is 0 Å². The molecule has 132 valence electrons. The van der Waals surface area contributed by atoms with Crippen LogP contribution in [0.3, 0.4) is 0 Å². The lowest BCUT2D eigenvalue weighted by molar-refractivity contribution is -0.182. The Bertz CT molecular complexity index is 499. The van der Waals surface area contributed by atoms with E-state index in [0.717, 1.165) is 51.1 Å². The fraction of sp³-hybridized carbons (Fsp3) is 0.667. The lowest BCUT2D eigenvalue weighted by Gasteiger charge is -2.28. The van der Waals surface area contributed by atoms with Crippen LogP contribution < -0.4 is 0 Å². The minimum Gasteiger partial charge on any atom is -0.376 e. The molecule has 0 N–H and O–H groups in total. The highest BCUT2D eigenvalue weighted by Gasteiger charge is 2.23. The molecule has 1 aromatic heterocycles. The highest BCUT2D eigenvalue weighted by molar-refractivity contribution is 5.76. The van der Waals surface area contributed by atoms with Crippen molar-refractivity contribution in [1.29, 1.82) is 0 Å². The average Bonchev–Trinajstić information content (AvgIpc) is 3.14. The van der Waals surface area contributed by atoms with Gasteiger partial charge in [0.1, 0.15) is 0 Å². The number of hydrogen-bond donors (Lipinski definition) is 0. The lowest BCUT2D eigenvalue weighted by atomic mass is 10.2.